The molecule has 3 heteroatoms. The first-order valence-corrected chi connectivity index (χ1v) is 6.02. The van der Waals surface area contributed by atoms with Crippen LogP contribution in [0.4, 0.5) is 4.39 Å². The number of hydrogen-bond acceptors (Lipinski definition) is 1. The fourth-order valence-corrected chi connectivity index (χ4v) is 2.53. The van der Waals surface area contributed by atoms with Gasteiger partial charge in [-0.2, -0.15) is 0 Å². The van der Waals surface area contributed by atoms with Crippen molar-refractivity contribution in [2.24, 2.45) is 5.92 Å². The van der Waals surface area contributed by atoms with E-state index in [0.29, 0.717) is 17.1 Å². The highest BCUT2D eigenvalue weighted by Gasteiger charge is 2.21. The van der Waals surface area contributed by atoms with Crippen LogP contribution in [0.5, 0.6) is 0 Å². The zero-order valence-electron chi connectivity index (χ0n) is 9.53. The summed E-state index contributed by atoms with van der Waals surface area (Å²) in [4.78, 5) is 11.1. The summed E-state index contributed by atoms with van der Waals surface area (Å²) in [6, 6.07) is 6.75. The summed E-state index contributed by atoms with van der Waals surface area (Å²) in [5.74, 6) is 0.360. The molecule has 1 aliphatic carbocycles. The maximum Gasteiger partial charge on any atom is 0.166 e. The third-order valence-electron chi connectivity index (χ3n) is 3.69. The Hall–Kier alpha value is -1.64. The highest BCUT2D eigenvalue weighted by atomic mass is 19.1. The van der Waals surface area contributed by atoms with Gasteiger partial charge in [-0.25, -0.2) is 4.39 Å². The number of aromatic nitrogens is 1. The van der Waals surface area contributed by atoms with E-state index < -0.39 is 0 Å². The highest BCUT2D eigenvalue weighted by Crippen LogP contribution is 2.31. The van der Waals surface area contributed by atoms with Crippen molar-refractivity contribution >= 4 is 17.2 Å². The SMILES string of the molecule is O=Cc1cc2cccc(F)c2n1CC1CCC1. The van der Waals surface area contributed by atoms with Gasteiger partial charge >= 0.3 is 0 Å². The minimum atomic E-state index is -0.241. The molecule has 0 atom stereocenters. The lowest BCUT2D eigenvalue weighted by Gasteiger charge is -2.26. The number of para-hydroxylation sites is 1. The number of carbonyl (C=O) groups is 1. The van der Waals surface area contributed by atoms with Crippen LogP contribution < -0.4 is 0 Å². The summed E-state index contributed by atoms with van der Waals surface area (Å²) in [7, 11) is 0. The van der Waals surface area contributed by atoms with Crippen LogP contribution in [0.15, 0.2) is 24.3 Å². The molecule has 0 bridgehead atoms. The van der Waals surface area contributed by atoms with E-state index in [4.69, 9.17) is 0 Å². The van der Waals surface area contributed by atoms with Crippen LogP contribution in [-0.4, -0.2) is 10.9 Å². The Labute approximate surface area is 99.0 Å². The van der Waals surface area contributed by atoms with E-state index >= 15 is 0 Å². The number of carbonyl (C=O) groups excluding carboxylic acids is 1. The lowest BCUT2D eigenvalue weighted by molar-refractivity contribution is 0.111. The molecule has 1 fully saturated rings. The molecule has 0 aliphatic heterocycles. The smallest absolute Gasteiger partial charge is 0.166 e. The Bertz CT molecular complexity index is 569. The van der Waals surface area contributed by atoms with E-state index in [-0.39, 0.29) is 5.82 Å². The Morgan fingerprint density at radius 1 is 1.41 bits per heavy atom. The monoisotopic (exact) mass is 231 g/mol. The molecule has 3 rings (SSSR count). The second-order valence-corrected chi connectivity index (χ2v) is 4.77. The summed E-state index contributed by atoms with van der Waals surface area (Å²) in [6.45, 7) is 0.762. The molecule has 1 heterocycles. The molecule has 0 amide bonds. The van der Waals surface area contributed by atoms with E-state index in [1.807, 2.05) is 10.6 Å². The van der Waals surface area contributed by atoms with Gasteiger partial charge in [-0.05, 0) is 30.9 Å². The average molecular weight is 231 g/mol. The number of benzene rings is 1. The van der Waals surface area contributed by atoms with Crippen LogP contribution in [0, 0.1) is 11.7 Å². The lowest BCUT2D eigenvalue weighted by atomic mass is 9.85. The van der Waals surface area contributed by atoms with E-state index in [0.717, 1.165) is 18.2 Å². The fourth-order valence-electron chi connectivity index (χ4n) is 2.53. The van der Waals surface area contributed by atoms with Crippen molar-refractivity contribution < 1.29 is 9.18 Å². The van der Waals surface area contributed by atoms with Crippen molar-refractivity contribution in [2.75, 3.05) is 0 Å². The van der Waals surface area contributed by atoms with Crippen LogP contribution in [0.1, 0.15) is 29.8 Å². The third kappa shape index (κ3) is 1.66. The van der Waals surface area contributed by atoms with Crippen LogP contribution in [-0.2, 0) is 6.54 Å². The number of rotatable bonds is 3. The molecule has 17 heavy (non-hydrogen) atoms. The van der Waals surface area contributed by atoms with E-state index in [9.17, 15) is 9.18 Å². The van der Waals surface area contributed by atoms with Crippen molar-refractivity contribution in [3.63, 3.8) is 0 Å². The van der Waals surface area contributed by atoms with Crippen LogP contribution in [0.25, 0.3) is 10.9 Å². The van der Waals surface area contributed by atoms with Crippen LogP contribution in [0.3, 0.4) is 0 Å². The standard InChI is InChI=1S/C14H14FNO/c15-13-6-2-5-11-7-12(9-17)16(14(11)13)8-10-3-1-4-10/h2,5-7,9-10H,1,3-4,8H2. The van der Waals surface area contributed by atoms with Crippen molar-refractivity contribution in [3.8, 4) is 0 Å². The van der Waals surface area contributed by atoms with Crippen molar-refractivity contribution in [3.05, 3.63) is 35.8 Å². The number of nitrogens with zero attached hydrogens (tertiary/aromatic N) is 1. The molecule has 0 N–H and O–H groups in total. The molecule has 0 saturated heterocycles. The summed E-state index contributed by atoms with van der Waals surface area (Å²) < 4.78 is 15.7. The molecule has 0 unspecified atom stereocenters. The fraction of sp³-hybridized carbons (Fsp3) is 0.357. The molecule has 0 spiro atoms. The van der Waals surface area contributed by atoms with Crippen molar-refractivity contribution in [1.82, 2.24) is 4.57 Å². The van der Waals surface area contributed by atoms with E-state index in [1.165, 1.54) is 25.3 Å². The highest BCUT2D eigenvalue weighted by molar-refractivity contribution is 5.89. The van der Waals surface area contributed by atoms with E-state index in [2.05, 4.69) is 0 Å². The van der Waals surface area contributed by atoms with Gasteiger partial charge in [-0.3, -0.25) is 4.79 Å². The molecular formula is C14H14FNO. The summed E-state index contributed by atoms with van der Waals surface area (Å²) in [5.41, 5.74) is 1.15. The average Bonchev–Trinajstić information content (AvgIpc) is 2.63. The van der Waals surface area contributed by atoms with Gasteiger partial charge < -0.3 is 4.57 Å². The lowest BCUT2D eigenvalue weighted by Crippen LogP contribution is -2.19. The Kier molecular flexibility index (Phi) is 2.46. The van der Waals surface area contributed by atoms with Gasteiger partial charge in [0.25, 0.3) is 0 Å². The Balaban J connectivity index is 2.14. The molecule has 88 valence electrons. The molecule has 1 aromatic heterocycles. The first-order valence-electron chi connectivity index (χ1n) is 6.02. The van der Waals surface area contributed by atoms with Gasteiger partial charge in [-0.15, -0.1) is 0 Å². The summed E-state index contributed by atoms with van der Waals surface area (Å²) >= 11 is 0. The van der Waals surface area contributed by atoms with Gasteiger partial charge in [-0.1, -0.05) is 18.6 Å². The largest absolute Gasteiger partial charge is 0.336 e. The predicted molar refractivity (Wildman–Crippen MR) is 64.6 cm³/mol. The second-order valence-electron chi connectivity index (χ2n) is 4.77. The zero-order chi connectivity index (χ0) is 11.8. The first kappa shape index (κ1) is 10.5. The molecular weight excluding hydrogens is 217 g/mol. The van der Waals surface area contributed by atoms with E-state index in [1.54, 1.807) is 12.1 Å². The van der Waals surface area contributed by atoms with Crippen LogP contribution >= 0.6 is 0 Å². The minimum Gasteiger partial charge on any atom is -0.336 e. The number of halogens is 1. The van der Waals surface area contributed by atoms with Crippen LogP contribution in [0.2, 0.25) is 0 Å². The molecule has 1 aromatic carbocycles. The number of hydrogen-bond donors (Lipinski definition) is 0. The Morgan fingerprint density at radius 2 is 2.24 bits per heavy atom. The van der Waals surface area contributed by atoms with Gasteiger partial charge in [0.15, 0.2) is 6.29 Å². The van der Waals surface area contributed by atoms with Crippen molar-refractivity contribution in [2.45, 2.75) is 25.8 Å². The molecule has 1 saturated carbocycles. The quantitative estimate of drug-likeness (QED) is 0.742. The number of aldehydes is 1. The van der Waals surface area contributed by atoms with Gasteiger partial charge in [0, 0.05) is 11.9 Å². The zero-order valence-corrected chi connectivity index (χ0v) is 9.53. The second kappa shape index (κ2) is 3.99. The topological polar surface area (TPSA) is 22.0 Å². The van der Waals surface area contributed by atoms with Gasteiger partial charge in [0.05, 0.1) is 11.2 Å². The number of fused-ring (bicyclic) bond motifs is 1. The van der Waals surface area contributed by atoms with Gasteiger partial charge in [0.1, 0.15) is 5.82 Å². The van der Waals surface area contributed by atoms with Crippen molar-refractivity contribution in [1.29, 1.82) is 0 Å². The summed E-state index contributed by atoms with van der Waals surface area (Å²) in [5, 5.41) is 0.812. The molecule has 0 radical (unpaired) electrons. The molecule has 1 aliphatic rings. The first-order chi connectivity index (χ1) is 8.29. The molecule has 2 aromatic rings. The predicted octanol–water partition coefficient (Wildman–Crippen LogP) is 3.39. The normalized spacial score (nSPS) is 16.1. The summed E-state index contributed by atoms with van der Waals surface area (Å²) in [6.07, 6.45) is 4.44. The Morgan fingerprint density at radius 3 is 2.88 bits per heavy atom. The maximum atomic E-state index is 13.8. The van der Waals surface area contributed by atoms with Gasteiger partial charge in [0.2, 0.25) is 0 Å². The maximum absolute atomic E-state index is 13.8. The minimum absolute atomic E-state index is 0.241. The molecule has 2 nitrogen and oxygen atoms in total. The third-order valence-corrected chi connectivity index (χ3v) is 3.69.